The van der Waals surface area contributed by atoms with Crippen LogP contribution in [0.4, 0.5) is 4.79 Å². The van der Waals surface area contributed by atoms with Gasteiger partial charge < -0.3 is 10.1 Å². The van der Waals surface area contributed by atoms with Crippen molar-refractivity contribution >= 4 is 12.0 Å². The second-order valence-electron chi connectivity index (χ2n) is 7.80. The van der Waals surface area contributed by atoms with Crippen molar-refractivity contribution in [1.29, 1.82) is 0 Å². The first-order chi connectivity index (χ1) is 13.8. The number of rotatable bonds is 9. The van der Waals surface area contributed by atoms with Crippen LogP contribution in [0, 0.1) is 0 Å². The SMILES string of the molecule is CC(C)(C)OC(=O)NC(NCCc1ccccc1)C(=O)NCCc1ccccc1. The molecule has 0 fully saturated rings. The lowest BCUT2D eigenvalue weighted by molar-refractivity contribution is -0.123. The molecule has 1 unspecified atom stereocenters. The fraction of sp³-hybridized carbons (Fsp3) is 0.391. The average molecular weight is 398 g/mol. The van der Waals surface area contributed by atoms with Gasteiger partial charge in [-0.25, -0.2) is 4.79 Å². The smallest absolute Gasteiger partial charge is 0.409 e. The van der Waals surface area contributed by atoms with Crippen LogP contribution in [-0.2, 0) is 22.4 Å². The molecule has 0 radical (unpaired) electrons. The van der Waals surface area contributed by atoms with Gasteiger partial charge in [0.05, 0.1) is 0 Å². The van der Waals surface area contributed by atoms with Gasteiger partial charge >= 0.3 is 6.09 Å². The lowest BCUT2D eigenvalue weighted by Crippen LogP contribution is -2.56. The van der Waals surface area contributed by atoms with Crippen molar-refractivity contribution in [3.8, 4) is 0 Å². The molecular weight excluding hydrogens is 366 g/mol. The Labute approximate surface area is 173 Å². The van der Waals surface area contributed by atoms with Gasteiger partial charge in [0, 0.05) is 13.1 Å². The van der Waals surface area contributed by atoms with Crippen molar-refractivity contribution < 1.29 is 14.3 Å². The van der Waals surface area contributed by atoms with Gasteiger partial charge in [-0.05, 0) is 44.7 Å². The summed E-state index contributed by atoms with van der Waals surface area (Å²) in [5.74, 6) is -0.292. The minimum atomic E-state index is -0.871. The Morgan fingerprint density at radius 3 is 1.90 bits per heavy atom. The molecule has 2 aromatic carbocycles. The van der Waals surface area contributed by atoms with Crippen LogP contribution in [0.1, 0.15) is 31.9 Å². The van der Waals surface area contributed by atoms with Crippen LogP contribution >= 0.6 is 0 Å². The van der Waals surface area contributed by atoms with Crippen LogP contribution < -0.4 is 16.0 Å². The lowest BCUT2D eigenvalue weighted by atomic mass is 10.1. The van der Waals surface area contributed by atoms with E-state index in [2.05, 4.69) is 16.0 Å². The lowest BCUT2D eigenvalue weighted by Gasteiger charge is -2.24. The monoisotopic (exact) mass is 397 g/mol. The topological polar surface area (TPSA) is 79.5 Å². The summed E-state index contributed by atoms with van der Waals surface area (Å²) in [6.07, 6.45) is -0.0438. The first kappa shape index (κ1) is 22.4. The van der Waals surface area contributed by atoms with Gasteiger partial charge in [-0.3, -0.25) is 15.4 Å². The Hall–Kier alpha value is -2.86. The normalized spacial score (nSPS) is 12.1. The molecule has 0 saturated heterocycles. The molecule has 156 valence electrons. The maximum atomic E-state index is 12.6. The molecule has 6 heteroatoms. The molecule has 2 aromatic rings. The molecule has 0 aromatic heterocycles. The van der Waals surface area contributed by atoms with Crippen LogP contribution in [0.2, 0.25) is 0 Å². The van der Waals surface area contributed by atoms with Crippen LogP contribution in [0.25, 0.3) is 0 Å². The van der Waals surface area contributed by atoms with E-state index < -0.39 is 17.9 Å². The van der Waals surface area contributed by atoms with Crippen molar-refractivity contribution in [2.24, 2.45) is 0 Å². The Kier molecular flexibility index (Phi) is 8.68. The Bertz CT molecular complexity index is 758. The van der Waals surface area contributed by atoms with E-state index in [0.717, 1.165) is 24.0 Å². The summed E-state index contributed by atoms with van der Waals surface area (Å²) >= 11 is 0. The molecule has 0 spiro atoms. The predicted octanol–water partition coefficient (Wildman–Crippen LogP) is 3.03. The van der Waals surface area contributed by atoms with E-state index in [1.807, 2.05) is 60.7 Å². The second kappa shape index (κ2) is 11.2. The van der Waals surface area contributed by atoms with Crippen molar-refractivity contribution in [1.82, 2.24) is 16.0 Å². The molecule has 0 aliphatic carbocycles. The standard InChI is InChI=1S/C23H31N3O3/c1-23(2,3)29-22(28)26-20(24-16-14-18-10-6-4-7-11-18)21(27)25-17-15-19-12-8-5-9-13-19/h4-13,20,24H,14-17H2,1-3H3,(H,25,27)(H,26,28). The van der Waals surface area contributed by atoms with E-state index in [1.54, 1.807) is 20.8 Å². The number of hydrogen-bond donors (Lipinski definition) is 3. The van der Waals surface area contributed by atoms with E-state index in [0.29, 0.717) is 13.1 Å². The number of alkyl carbamates (subject to hydrolysis) is 1. The summed E-state index contributed by atoms with van der Waals surface area (Å²) in [7, 11) is 0. The summed E-state index contributed by atoms with van der Waals surface area (Å²) in [5.41, 5.74) is 1.66. The zero-order chi connectivity index (χ0) is 21.1. The van der Waals surface area contributed by atoms with E-state index in [4.69, 9.17) is 4.74 Å². The van der Waals surface area contributed by atoms with Crippen molar-refractivity contribution in [3.63, 3.8) is 0 Å². The maximum absolute atomic E-state index is 12.6. The van der Waals surface area contributed by atoms with Gasteiger partial charge in [0.15, 0.2) is 6.17 Å². The van der Waals surface area contributed by atoms with E-state index in [9.17, 15) is 9.59 Å². The van der Waals surface area contributed by atoms with Gasteiger partial charge in [-0.15, -0.1) is 0 Å². The quantitative estimate of drug-likeness (QED) is 0.568. The number of amides is 2. The summed E-state index contributed by atoms with van der Waals surface area (Å²) in [5, 5.41) is 8.61. The van der Waals surface area contributed by atoms with Crippen molar-refractivity contribution in [2.75, 3.05) is 13.1 Å². The van der Waals surface area contributed by atoms with E-state index in [-0.39, 0.29) is 5.91 Å². The summed E-state index contributed by atoms with van der Waals surface area (Å²) < 4.78 is 5.29. The molecular formula is C23H31N3O3. The van der Waals surface area contributed by atoms with E-state index >= 15 is 0 Å². The molecule has 0 bridgehead atoms. The number of hydrogen-bond acceptors (Lipinski definition) is 4. The fourth-order valence-corrected chi connectivity index (χ4v) is 2.72. The second-order valence-corrected chi connectivity index (χ2v) is 7.80. The third kappa shape index (κ3) is 9.25. The van der Waals surface area contributed by atoms with Crippen molar-refractivity contribution in [2.45, 2.75) is 45.4 Å². The van der Waals surface area contributed by atoms with Crippen molar-refractivity contribution in [3.05, 3.63) is 71.8 Å². The summed E-state index contributed by atoms with van der Waals surface area (Å²) in [6, 6.07) is 19.9. The van der Waals surface area contributed by atoms with Gasteiger partial charge in [0.2, 0.25) is 0 Å². The zero-order valence-corrected chi connectivity index (χ0v) is 17.4. The molecule has 0 aliphatic rings. The highest BCUT2D eigenvalue weighted by molar-refractivity contribution is 5.85. The molecule has 1 atom stereocenters. The highest BCUT2D eigenvalue weighted by Crippen LogP contribution is 2.07. The first-order valence-electron chi connectivity index (χ1n) is 9.92. The Morgan fingerprint density at radius 2 is 1.38 bits per heavy atom. The van der Waals surface area contributed by atoms with E-state index in [1.165, 1.54) is 0 Å². The zero-order valence-electron chi connectivity index (χ0n) is 17.4. The molecule has 0 heterocycles. The Morgan fingerprint density at radius 1 is 0.862 bits per heavy atom. The molecule has 0 saturated carbocycles. The highest BCUT2D eigenvalue weighted by atomic mass is 16.6. The predicted molar refractivity (Wildman–Crippen MR) is 114 cm³/mol. The summed E-state index contributed by atoms with van der Waals surface area (Å²) in [4.78, 5) is 24.8. The maximum Gasteiger partial charge on any atom is 0.409 e. The van der Waals surface area contributed by atoms with Gasteiger partial charge in [0.25, 0.3) is 5.91 Å². The van der Waals surface area contributed by atoms with Crippen LogP contribution in [0.5, 0.6) is 0 Å². The molecule has 0 aliphatic heterocycles. The number of carbonyl (C=O) groups excluding carboxylic acids is 2. The molecule has 6 nitrogen and oxygen atoms in total. The molecule has 2 rings (SSSR count). The number of ether oxygens (including phenoxy) is 1. The summed E-state index contributed by atoms with van der Waals surface area (Å²) in [6.45, 7) is 6.37. The van der Waals surface area contributed by atoms with Gasteiger partial charge in [0.1, 0.15) is 5.60 Å². The molecule has 29 heavy (non-hydrogen) atoms. The van der Waals surface area contributed by atoms with Gasteiger partial charge in [-0.2, -0.15) is 0 Å². The number of carbonyl (C=O) groups is 2. The van der Waals surface area contributed by atoms with Crippen LogP contribution in [0.3, 0.4) is 0 Å². The fourth-order valence-electron chi connectivity index (χ4n) is 2.72. The number of benzene rings is 2. The highest BCUT2D eigenvalue weighted by Gasteiger charge is 2.23. The minimum Gasteiger partial charge on any atom is -0.444 e. The Balaban J connectivity index is 1.88. The largest absolute Gasteiger partial charge is 0.444 e. The third-order valence-corrected chi connectivity index (χ3v) is 4.08. The number of nitrogens with one attached hydrogen (secondary N) is 3. The molecule has 3 N–H and O–H groups in total. The van der Waals surface area contributed by atoms with Crippen LogP contribution in [-0.4, -0.2) is 36.9 Å². The third-order valence-electron chi connectivity index (χ3n) is 4.08. The average Bonchev–Trinajstić information content (AvgIpc) is 2.67. The molecule has 2 amide bonds. The minimum absolute atomic E-state index is 0.292. The van der Waals surface area contributed by atoms with Crippen LogP contribution in [0.15, 0.2) is 60.7 Å². The first-order valence-corrected chi connectivity index (χ1v) is 9.92. The van der Waals surface area contributed by atoms with Gasteiger partial charge in [-0.1, -0.05) is 60.7 Å².